The van der Waals surface area contributed by atoms with E-state index >= 15 is 0 Å². The average molecular weight is 277 g/mol. The zero-order chi connectivity index (χ0) is 14.5. The zero-order valence-corrected chi connectivity index (χ0v) is 12.4. The number of benzene rings is 1. The summed E-state index contributed by atoms with van der Waals surface area (Å²) >= 11 is 0. The van der Waals surface area contributed by atoms with Crippen molar-refractivity contribution >= 4 is 17.3 Å². The molecular formula is C15H23N3O2. The van der Waals surface area contributed by atoms with E-state index in [0.717, 1.165) is 11.4 Å². The van der Waals surface area contributed by atoms with Crippen LogP contribution in [-0.2, 0) is 9.53 Å². The first kappa shape index (κ1) is 14.7. The third kappa shape index (κ3) is 3.42. The van der Waals surface area contributed by atoms with E-state index < -0.39 is 0 Å². The van der Waals surface area contributed by atoms with E-state index in [-0.39, 0.29) is 11.9 Å². The lowest BCUT2D eigenvalue weighted by molar-refractivity contribution is -0.135. The van der Waals surface area contributed by atoms with Gasteiger partial charge in [-0.15, -0.1) is 0 Å². The Labute approximate surface area is 120 Å². The van der Waals surface area contributed by atoms with Gasteiger partial charge in [-0.3, -0.25) is 4.79 Å². The van der Waals surface area contributed by atoms with Gasteiger partial charge < -0.3 is 19.9 Å². The van der Waals surface area contributed by atoms with Gasteiger partial charge in [-0.05, 0) is 19.1 Å². The van der Waals surface area contributed by atoms with Crippen molar-refractivity contribution in [3.05, 3.63) is 24.3 Å². The Bertz CT molecular complexity index is 456. The Morgan fingerprint density at radius 2 is 1.95 bits per heavy atom. The summed E-state index contributed by atoms with van der Waals surface area (Å²) < 4.78 is 5.28. The van der Waals surface area contributed by atoms with Crippen molar-refractivity contribution in [2.24, 2.45) is 0 Å². The molecule has 1 aromatic carbocycles. The molecule has 1 saturated heterocycles. The number of hydrogen-bond donors (Lipinski definition) is 1. The minimum absolute atomic E-state index is 0.127. The van der Waals surface area contributed by atoms with Crippen LogP contribution in [-0.4, -0.2) is 57.2 Å². The second-order valence-electron chi connectivity index (χ2n) is 5.22. The monoisotopic (exact) mass is 277 g/mol. The molecule has 0 bridgehead atoms. The maximum Gasteiger partial charge on any atom is 0.244 e. The number of carbonyl (C=O) groups is 1. The van der Waals surface area contributed by atoms with Gasteiger partial charge in [0.2, 0.25) is 5.91 Å². The Hall–Kier alpha value is -1.75. The highest BCUT2D eigenvalue weighted by atomic mass is 16.5. The second-order valence-corrected chi connectivity index (χ2v) is 5.22. The maximum atomic E-state index is 12.4. The molecule has 0 radical (unpaired) electrons. The van der Waals surface area contributed by atoms with Crippen LogP contribution in [0.5, 0.6) is 0 Å². The fourth-order valence-corrected chi connectivity index (χ4v) is 2.34. The van der Waals surface area contributed by atoms with Crippen LogP contribution in [0.25, 0.3) is 0 Å². The number of nitrogens with zero attached hydrogens (tertiary/aromatic N) is 2. The first-order chi connectivity index (χ1) is 9.59. The standard InChI is InChI=1S/C15H23N3O2/c1-12(15(19)18-8-10-20-11-9-18)16-13-6-4-5-7-14(13)17(2)3/h4-7,12,16H,8-11H2,1-3H3. The van der Waals surface area contributed by atoms with Gasteiger partial charge >= 0.3 is 0 Å². The molecule has 1 aliphatic rings. The molecule has 1 aromatic rings. The van der Waals surface area contributed by atoms with E-state index in [4.69, 9.17) is 4.74 Å². The Morgan fingerprint density at radius 1 is 1.30 bits per heavy atom. The number of morpholine rings is 1. The first-order valence-electron chi connectivity index (χ1n) is 6.99. The third-order valence-electron chi connectivity index (χ3n) is 3.45. The second kappa shape index (κ2) is 6.61. The molecule has 1 atom stereocenters. The van der Waals surface area contributed by atoms with Gasteiger partial charge in [-0.2, -0.15) is 0 Å². The Balaban J connectivity index is 2.03. The highest BCUT2D eigenvalue weighted by Gasteiger charge is 2.22. The predicted octanol–water partition coefficient (Wildman–Crippen LogP) is 1.41. The quantitative estimate of drug-likeness (QED) is 0.904. The summed E-state index contributed by atoms with van der Waals surface area (Å²) in [6.45, 7) is 4.53. The van der Waals surface area contributed by atoms with E-state index in [1.54, 1.807) is 0 Å². The molecule has 5 heteroatoms. The molecular weight excluding hydrogens is 254 g/mol. The molecule has 1 fully saturated rings. The molecule has 1 unspecified atom stereocenters. The van der Waals surface area contributed by atoms with Crippen LogP contribution in [0, 0.1) is 0 Å². The van der Waals surface area contributed by atoms with Gasteiger partial charge in [0.05, 0.1) is 24.6 Å². The van der Waals surface area contributed by atoms with Gasteiger partial charge in [0.1, 0.15) is 6.04 Å². The van der Waals surface area contributed by atoms with E-state index in [2.05, 4.69) is 5.32 Å². The van der Waals surface area contributed by atoms with Crippen LogP contribution in [0.2, 0.25) is 0 Å². The number of hydrogen-bond acceptors (Lipinski definition) is 4. The van der Waals surface area contributed by atoms with Crippen LogP contribution in [0.15, 0.2) is 24.3 Å². The lowest BCUT2D eigenvalue weighted by Gasteiger charge is -2.30. The number of amides is 1. The van der Waals surface area contributed by atoms with E-state index in [9.17, 15) is 4.79 Å². The summed E-state index contributed by atoms with van der Waals surface area (Å²) in [7, 11) is 3.99. The van der Waals surface area contributed by atoms with Crippen LogP contribution in [0.4, 0.5) is 11.4 Å². The summed E-state index contributed by atoms with van der Waals surface area (Å²) in [5.41, 5.74) is 2.06. The summed E-state index contributed by atoms with van der Waals surface area (Å²) in [5.74, 6) is 0.127. The van der Waals surface area contributed by atoms with E-state index in [1.807, 2.05) is 55.1 Å². The van der Waals surface area contributed by atoms with Gasteiger partial charge in [-0.1, -0.05) is 12.1 Å². The van der Waals surface area contributed by atoms with Crippen LogP contribution in [0.3, 0.4) is 0 Å². The molecule has 2 rings (SSSR count). The van der Waals surface area contributed by atoms with Crippen molar-refractivity contribution in [3.8, 4) is 0 Å². The van der Waals surface area contributed by atoms with Crippen molar-refractivity contribution in [1.29, 1.82) is 0 Å². The molecule has 110 valence electrons. The molecule has 0 saturated carbocycles. The molecule has 1 heterocycles. The van der Waals surface area contributed by atoms with Gasteiger partial charge in [0.25, 0.3) is 0 Å². The summed E-state index contributed by atoms with van der Waals surface area (Å²) in [5, 5.41) is 3.32. The molecule has 1 N–H and O–H groups in total. The topological polar surface area (TPSA) is 44.8 Å². The van der Waals surface area contributed by atoms with E-state index in [1.165, 1.54) is 0 Å². The number of carbonyl (C=O) groups excluding carboxylic acids is 1. The normalized spacial score (nSPS) is 16.6. The van der Waals surface area contributed by atoms with Crippen LogP contribution in [0.1, 0.15) is 6.92 Å². The number of para-hydroxylation sites is 2. The average Bonchev–Trinajstić information content (AvgIpc) is 2.47. The van der Waals surface area contributed by atoms with Crippen LogP contribution < -0.4 is 10.2 Å². The largest absolute Gasteiger partial charge is 0.378 e. The van der Waals surface area contributed by atoms with Crippen molar-refractivity contribution in [2.45, 2.75) is 13.0 Å². The highest BCUT2D eigenvalue weighted by molar-refractivity contribution is 5.86. The van der Waals surface area contributed by atoms with Crippen molar-refractivity contribution in [2.75, 3.05) is 50.6 Å². The fourth-order valence-electron chi connectivity index (χ4n) is 2.34. The number of nitrogens with one attached hydrogen (secondary N) is 1. The van der Waals surface area contributed by atoms with Gasteiger partial charge in [0.15, 0.2) is 0 Å². The van der Waals surface area contributed by atoms with Crippen molar-refractivity contribution in [3.63, 3.8) is 0 Å². The SMILES string of the molecule is CC(Nc1ccccc1N(C)C)C(=O)N1CCOCC1. The lowest BCUT2D eigenvalue weighted by Crippen LogP contribution is -2.47. The van der Waals surface area contributed by atoms with Crippen molar-refractivity contribution in [1.82, 2.24) is 4.90 Å². The number of ether oxygens (including phenoxy) is 1. The zero-order valence-electron chi connectivity index (χ0n) is 12.4. The van der Waals surface area contributed by atoms with Gasteiger partial charge in [0, 0.05) is 27.2 Å². The first-order valence-corrected chi connectivity index (χ1v) is 6.99. The molecule has 20 heavy (non-hydrogen) atoms. The van der Waals surface area contributed by atoms with Gasteiger partial charge in [-0.25, -0.2) is 0 Å². The minimum Gasteiger partial charge on any atom is -0.378 e. The molecule has 1 aliphatic heterocycles. The lowest BCUT2D eigenvalue weighted by atomic mass is 10.2. The Kier molecular flexibility index (Phi) is 4.84. The summed E-state index contributed by atoms with van der Waals surface area (Å²) in [6.07, 6.45) is 0. The summed E-state index contributed by atoms with van der Waals surface area (Å²) in [6, 6.07) is 7.76. The molecule has 0 spiro atoms. The smallest absolute Gasteiger partial charge is 0.244 e. The number of rotatable bonds is 4. The molecule has 5 nitrogen and oxygen atoms in total. The predicted molar refractivity (Wildman–Crippen MR) is 81.3 cm³/mol. The van der Waals surface area contributed by atoms with Crippen LogP contribution >= 0.6 is 0 Å². The maximum absolute atomic E-state index is 12.4. The summed E-state index contributed by atoms with van der Waals surface area (Å²) in [4.78, 5) is 16.3. The molecule has 0 aliphatic carbocycles. The highest BCUT2D eigenvalue weighted by Crippen LogP contribution is 2.24. The third-order valence-corrected chi connectivity index (χ3v) is 3.45. The molecule has 1 amide bonds. The fraction of sp³-hybridized carbons (Fsp3) is 0.533. The van der Waals surface area contributed by atoms with E-state index in [0.29, 0.717) is 26.3 Å². The Morgan fingerprint density at radius 3 is 2.60 bits per heavy atom. The van der Waals surface area contributed by atoms with Crippen molar-refractivity contribution < 1.29 is 9.53 Å². The molecule has 0 aromatic heterocycles. The minimum atomic E-state index is -0.241. The number of anilines is 2.